The normalized spacial score (nSPS) is 21.7. The van der Waals surface area contributed by atoms with Crippen LogP contribution in [-0.2, 0) is 6.18 Å². The Kier molecular flexibility index (Phi) is 5.35. The predicted molar refractivity (Wildman–Crippen MR) is 107 cm³/mol. The Labute approximate surface area is 172 Å². The fourth-order valence-corrected chi connectivity index (χ4v) is 5.51. The number of alkyl halides is 3. The molecule has 2 N–H and O–H groups in total. The summed E-state index contributed by atoms with van der Waals surface area (Å²) in [5.74, 6) is 1.60. The molecule has 0 bridgehead atoms. The molecular formula is C20H24F3N5S. The van der Waals surface area contributed by atoms with Gasteiger partial charge in [-0.1, -0.05) is 31.5 Å². The van der Waals surface area contributed by atoms with Gasteiger partial charge in [0.15, 0.2) is 5.82 Å². The number of hydrogen-bond acceptors (Lipinski definition) is 6. The summed E-state index contributed by atoms with van der Waals surface area (Å²) < 4.78 is 39.6. The molecule has 0 aromatic carbocycles. The minimum Gasteiger partial charge on any atom is -0.381 e. The van der Waals surface area contributed by atoms with Gasteiger partial charge in [-0.05, 0) is 36.7 Å². The number of halogens is 3. The van der Waals surface area contributed by atoms with Crippen LogP contribution in [0.3, 0.4) is 0 Å². The predicted octanol–water partition coefficient (Wildman–Crippen LogP) is 5.03. The standard InChI is InChI=1S/C20H24F3N5S/c1-13-3-2-5-19(13)6-9-28(10-7-19)16-12-26-18(17(24)27-16)29-15-4-8-25-11-14(15)20(21,22)23/h4,8,11-13H,2-3,5-7,9-10H2,1H3,(H2,24,27)/t13-/m1/s1. The third kappa shape index (κ3) is 4.01. The smallest absolute Gasteiger partial charge is 0.381 e. The fourth-order valence-electron chi connectivity index (χ4n) is 4.64. The number of nitrogen functional groups attached to an aromatic ring is 1. The highest BCUT2D eigenvalue weighted by atomic mass is 32.2. The lowest BCUT2D eigenvalue weighted by Crippen LogP contribution is -2.41. The molecule has 2 aromatic heterocycles. The average molecular weight is 424 g/mol. The minimum absolute atomic E-state index is 0.0105. The van der Waals surface area contributed by atoms with E-state index in [0.717, 1.165) is 49.8 Å². The Morgan fingerprint density at radius 1 is 1.21 bits per heavy atom. The molecule has 1 atom stereocenters. The lowest BCUT2D eigenvalue weighted by Gasteiger charge is -2.42. The molecule has 0 unspecified atom stereocenters. The van der Waals surface area contributed by atoms with Crippen molar-refractivity contribution >= 4 is 23.4 Å². The average Bonchev–Trinajstić information content (AvgIpc) is 3.03. The van der Waals surface area contributed by atoms with Crippen LogP contribution in [0.25, 0.3) is 0 Å². The van der Waals surface area contributed by atoms with Gasteiger partial charge in [-0.15, -0.1) is 0 Å². The van der Waals surface area contributed by atoms with Crippen LogP contribution in [0.15, 0.2) is 34.6 Å². The number of piperidine rings is 1. The molecule has 0 radical (unpaired) electrons. The summed E-state index contributed by atoms with van der Waals surface area (Å²) >= 11 is 0.861. The van der Waals surface area contributed by atoms with Gasteiger partial charge in [0.1, 0.15) is 10.8 Å². The van der Waals surface area contributed by atoms with Crippen molar-refractivity contribution in [3.05, 3.63) is 30.2 Å². The van der Waals surface area contributed by atoms with Crippen LogP contribution in [0.4, 0.5) is 24.8 Å². The van der Waals surface area contributed by atoms with Gasteiger partial charge in [-0.25, -0.2) is 9.97 Å². The first-order valence-electron chi connectivity index (χ1n) is 9.85. The first kappa shape index (κ1) is 20.3. The van der Waals surface area contributed by atoms with Crippen molar-refractivity contribution < 1.29 is 13.2 Å². The molecule has 156 valence electrons. The summed E-state index contributed by atoms with van der Waals surface area (Å²) in [5.41, 5.74) is 5.71. The second-order valence-corrected chi connectivity index (χ2v) is 9.06. The van der Waals surface area contributed by atoms with Gasteiger partial charge < -0.3 is 10.6 Å². The maximum Gasteiger partial charge on any atom is 0.418 e. The highest BCUT2D eigenvalue weighted by Gasteiger charge is 2.42. The van der Waals surface area contributed by atoms with Crippen molar-refractivity contribution in [3.8, 4) is 0 Å². The van der Waals surface area contributed by atoms with Gasteiger partial charge >= 0.3 is 6.18 Å². The summed E-state index contributed by atoms with van der Waals surface area (Å²) in [6.45, 7) is 4.18. The van der Waals surface area contributed by atoms with E-state index in [1.165, 1.54) is 31.5 Å². The summed E-state index contributed by atoms with van der Waals surface area (Å²) in [7, 11) is 0. The number of pyridine rings is 1. The zero-order valence-electron chi connectivity index (χ0n) is 16.2. The highest BCUT2D eigenvalue weighted by Crippen LogP contribution is 2.50. The number of nitrogens with two attached hydrogens (primary N) is 1. The van der Waals surface area contributed by atoms with E-state index in [4.69, 9.17) is 5.73 Å². The van der Waals surface area contributed by atoms with Gasteiger partial charge in [-0.2, -0.15) is 13.2 Å². The molecular weight excluding hydrogens is 399 g/mol. The van der Waals surface area contributed by atoms with Gasteiger partial charge in [0.05, 0.1) is 11.8 Å². The maximum atomic E-state index is 13.2. The number of aromatic nitrogens is 3. The summed E-state index contributed by atoms with van der Waals surface area (Å²) in [6.07, 6.45) is 5.47. The molecule has 1 saturated heterocycles. The third-order valence-electron chi connectivity index (χ3n) is 6.48. The Bertz CT molecular complexity index is 881. The van der Waals surface area contributed by atoms with Crippen LogP contribution in [0, 0.1) is 11.3 Å². The van der Waals surface area contributed by atoms with Crippen LogP contribution >= 0.6 is 11.8 Å². The third-order valence-corrected chi connectivity index (χ3v) is 7.57. The topological polar surface area (TPSA) is 67.9 Å². The Balaban J connectivity index is 1.48. The largest absolute Gasteiger partial charge is 0.418 e. The zero-order valence-corrected chi connectivity index (χ0v) is 17.1. The van der Waals surface area contributed by atoms with Crippen LogP contribution in [0.2, 0.25) is 0 Å². The molecule has 1 aliphatic carbocycles. The van der Waals surface area contributed by atoms with Crippen molar-refractivity contribution in [1.29, 1.82) is 0 Å². The number of hydrogen-bond donors (Lipinski definition) is 1. The quantitative estimate of drug-likeness (QED) is 0.747. The molecule has 1 aliphatic heterocycles. The van der Waals surface area contributed by atoms with E-state index in [2.05, 4.69) is 26.8 Å². The fraction of sp³-hybridized carbons (Fsp3) is 0.550. The van der Waals surface area contributed by atoms with Crippen LogP contribution in [0.5, 0.6) is 0 Å². The Morgan fingerprint density at radius 3 is 2.59 bits per heavy atom. The van der Waals surface area contributed by atoms with Gasteiger partial charge in [-0.3, -0.25) is 4.98 Å². The summed E-state index contributed by atoms with van der Waals surface area (Å²) in [4.78, 5) is 14.5. The lowest BCUT2D eigenvalue weighted by atomic mass is 9.71. The molecule has 0 amide bonds. The van der Waals surface area contributed by atoms with E-state index in [1.807, 2.05) is 0 Å². The van der Waals surface area contributed by atoms with Crippen LogP contribution in [0.1, 0.15) is 44.6 Å². The van der Waals surface area contributed by atoms with E-state index < -0.39 is 11.7 Å². The number of nitrogens with zero attached hydrogens (tertiary/aromatic N) is 4. The van der Waals surface area contributed by atoms with Crippen molar-refractivity contribution in [1.82, 2.24) is 15.0 Å². The number of rotatable bonds is 3. The molecule has 4 rings (SSSR count). The van der Waals surface area contributed by atoms with Crippen LogP contribution in [-0.4, -0.2) is 28.0 Å². The van der Waals surface area contributed by atoms with E-state index in [-0.39, 0.29) is 15.7 Å². The molecule has 1 saturated carbocycles. The van der Waals surface area contributed by atoms with Crippen molar-refractivity contribution in [2.24, 2.45) is 11.3 Å². The first-order valence-corrected chi connectivity index (χ1v) is 10.7. The van der Waals surface area contributed by atoms with Gasteiger partial charge in [0.25, 0.3) is 0 Å². The van der Waals surface area contributed by atoms with Crippen molar-refractivity contribution in [3.63, 3.8) is 0 Å². The highest BCUT2D eigenvalue weighted by molar-refractivity contribution is 7.99. The van der Waals surface area contributed by atoms with Crippen molar-refractivity contribution in [2.75, 3.05) is 23.7 Å². The molecule has 29 heavy (non-hydrogen) atoms. The second-order valence-electron chi connectivity index (χ2n) is 8.03. The molecule has 5 nitrogen and oxygen atoms in total. The Hall–Kier alpha value is -2.03. The molecule has 2 aromatic rings. The Morgan fingerprint density at radius 2 is 1.97 bits per heavy atom. The van der Waals surface area contributed by atoms with Gasteiger partial charge in [0.2, 0.25) is 0 Å². The SMILES string of the molecule is C[C@@H]1CCCC12CCN(c1cnc(Sc3ccncc3C(F)(F)F)c(N)n1)CC2. The van der Waals surface area contributed by atoms with Crippen LogP contribution < -0.4 is 10.6 Å². The summed E-state index contributed by atoms with van der Waals surface area (Å²) in [6, 6.07) is 1.31. The number of anilines is 2. The zero-order chi connectivity index (χ0) is 20.6. The maximum absolute atomic E-state index is 13.2. The second kappa shape index (κ2) is 7.66. The lowest BCUT2D eigenvalue weighted by molar-refractivity contribution is -0.140. The molecule has 9 heteroatoms. The van der Waals surface area contributed by atoms with E-state index in [0.29, 0.717) is 11.2 Å². The summed E-state index contributed by atoms with van der Waals surface area (Å²) in [5, 5.41) is 0.267. The van der Waals surface area contributed by atoms with Crippen molar-refractivity contribution in [2.45, 2.75) is 55.1 Å². The molecule has 2 aliphatic rings. The van der Waals surface area contributed by atoms with E-state index >= 15 is 0 Å². The first-order chi connectivity index (χ1) is 13.8. The van der Waals surface area contributed by atoms with E-state index in [9.17, 15) is 13.2 Å². The van der Waals surface area contributed by atoms with E-state index in [1.54, 1.807) is 6.20 Å². The van der Waals surface area contributed by atoms with Gasteiger partial charge in [0, 0.05) is 30.4 Å². The molecule has 3 heterocycles. The monoisotopic (exact) mass is 423 g/mol. The molecule has 2 fully saturated rings. The minimum atomic E-state index is -4.49. The molecule has 1 spiro atoms.